The first-order chi connectivity index (χ1) is 13.0. The van der Waals surface area contributed by atoms with Crippen LogP contribution in [0.4, 0.5) is 11.4 Å². The van der Waals surface area contributed by atoms with Gasteiger partial charge >= 0.3 is 0 Å². The molecule has 0 unspecified atom stereocenters. The van der Waals surface area contributed by atoms with Gasteiger partial charge in [-0.1, -0.05) is 24.3 Å². The van der Waals surface area contributed by atoms with Gasteiger partial charge in [0.25, 0.3) is 0 Å². The molecule has 3 aromatic carbocycles. The molecule has 0 amide bonds. The predicted octanol–water partition coefficient (Wildman–Crippen LogP) is 6.41. The van der Waals surface area contributed by atoms with Gasteiger partial charge in [0.15, 0.2) is 10.2 Å². The Bertz CT molecular complexity index is 1080. The van der Waals surface area contributed by atoms with E-state index in [0.29, 0.717) is 8.19 Å². The van der Waals surface area contributed by atoms with Crippen molar-refractivity contribution in [2.45, 2.75) is 6.92 Å². The lowest BCUT2D eigenvalue weighted by Gasteiger charge is -2.16. The number of anilines is 2. The largest absolute Gasteiger partial charge is 0.378 e. The summed E-state index contributed by atoms with van der Waals surface area (Å²) >= 11 is 0. The lowest BCUT2D eigenvalue weighted by Crippen LogP contribution is -2.08. The van der Waals surface area contributed by atoms with Gasteiger partial charge in [-0.3, -0.25) is 0 Å². The Kier molecular flexibility index (Phi) is 4.53. The smallest absolute Gasteiger partial charge is 0.156 e. The van der Waals surface area contributed by atoms with E-state index in [9.17, 15) is 0 Å². The van der Waals surface area contributed by atoms with Crippen LogP contribution in [0.3, 0.4) is 0 Å². The molecule has 0 saturated carbocycles. The quantitative estimate of drug-likeness (QED) is 0.383. The van der Waals surface area contributed by atoms with Gasteiger partial charge in [0.1, 0.15) is 8.19 Å². The number of rotatable bonds is 3. The predicted molar refractivity (Wildman–Crippen MR) is 124 cm³/mol. The van der Waals surface area contributed by atoms with Gasteiger partial charge in [0.2, 0.25) is 0 Å². The second-order valence-electron chi connectivity index (χ2n) is 7.56. The summed E-state index contributed by atoms with van der Waals surface area (Å²) in [5.74, 6) is 0. The molecule has 0 fully saturated rings. The maximum absolute atomic E-state index is 2.36. The minimum Gasteiger partial charge on any atom is -0.378 e. The summed E-state index contributed by atoms with van der Waals surface area (Å²) in [6.45, 7) is 2.21. The van der Waals surface area contributed by atoms with Gasteiger partial charge in [-0.15, -0.1) is 0 Å². The molecule has 1 heterocycles. The van der Waals surface area contributed by atoms with Gasteiger partial charge in [0, 0.05) is 68.0 Å². The molecule has 0 aliphatic rings. The molecule has 0 bridgehead atoms. The Morgan fingerprint density at radius 3 is 1.67 bits per heavy atom. The van der Waals surface area contributed by atoms with Crippen molar-refractivity contribution >= 4 is 40.6 Å². The van der Waals surface area contributed by atoms with Gasteiger partial charge in [-0.25, -0.2) is 0 Å². The maximum Gasteiger partial charge on any atom is 0.156 e. The molecule has 4 rings (SSSR count). The summed E-state index contributed by atoms with van der Waals surface area (Å²) in [4.78, 5) is 4.37. The molecule has 0 aliphatic carbocycles. The van der Waals surface area contributed by atoms with Crippen LogP contribution in [0.1, 0.15) is 5.56 Å². The molecule has 0 N–H and O–H groups in total. The number of fused-ring (bicyclic) bond motifs is 2. The maximum atomic E-state index is 2.36. The van der Waals surface area contributed by atoms with E-state index >= 15 is 0 Å². The highest BCUT2D eigenvalue weighted by molar-refractivity contribution is 7.43. The standard InChI is InChI=1S/C24H25N2P/c1-16-8-6-7-9-19(16)24-20-12-10-17(25(2)3)14-22(20)27-23-15-18(26(4)5)11-13-21(23)24/h6-15H,1-5H3/p+1. The number of benzene rings is 3. The van der Waals surface area contributed by atoms with Crippen molar-refractivity contribution in [3.8, 4) is 11.1 Å². The van der Waals surface area contributed by atoms with Crippen LogP contribution in [0.5, 0.6) is 0 Å². The van der Waals surface area contributed by atoms with Crippen molar-refractivity contribution in [1.82, 2.24) is 0 Å². The summed E-state index contributed by atoms with van der Waals surface area (Å²) in [5, 5.41) is 5.61. The third-order valence-corrected chi connectivity index (χ3v) is 6.63. The summed E-state index contributed by atoms with van der Waals surface area (Å²) in [6.07, 6.45) is 0. The molecule has 136 valence electrons. The minimum absolute atomic E-state index is 0.676. The summed E-state index contributed by atoms with van der Waals surface area (Å²) in [7, 11) is 9.11. The van der Waals surface area contributed by atoms with Crippen molar-refractivity contribution in [2.24, 2.45) is 0 Å². The van der Waals surface area contributed by atoms with Gasteiger partial charge in [-0.2, -0.15) is 0 Å². The van der Waals surface area contributed by atoms with Crippen LogP contribution in [-0.4, -0.2) is 28.2 Å². The zero-order valence-corrected chi connectivity index (χ0v) is 17.7. The number of nitrogens with zero attached hydrogens (tertiary/aromatic N) is 2. The van der Waals surface area contributed by atoms with Crippen LogP contribution in [0.2, 0.25) is 0 Å². The zero-order valence-electron chi connectivity index (χ0n) is 16.7. The number of hydrogen-bond acceptors (Lipinski definition) is 2. The van der Waals surface area contributed by atoms with Crippen molar-refractivity contribution in [1.29, 1.82) is 0 Å². The first kappa shape index (κ1) is 17.8. The topological polar surface area (TPSA) is 6.48 Å². The SMILES string of the molecule is Cc1ccccc1-c1c2ccc(N(C)C)cc2[pH+]c2cc(N(C)C)ccc12. The fourth-order valence-electron chi connectivity index (χ4n) is 3.70. The van der Waals surface area contributed by atoms with E-state index in [4.69, 9.17) is 0 Å². The van der Waals surface area contributed by atoms with Crippen molar-refractivity contribution in [3.05, 3.63) is 66.2 Å². The molecular weight excluding hydrogens is 347 g/mol. The van der Waals surface area contributed by atoms with Gasteiger partial charge in [-0.05, 0) is 42.3 Å². The Hall–Kier alpha value is -2.57. The average molecular weight is 373 g/mol. The zero-order chi connectivity index (χ0) is 19.1. The van der Waals surface area contributed by atoms with Crippen LogP contribution < -0.4 is 9.80 Å². The lowest BCUT2D eigenvalue weighted by atomic mass is 9.95. The lowest BCUT2D eigenvalue weighted by molar-refractivity contribution is 1.14. The second kappa shape index (κ2) is 6.87. The highest BCUT2D eigenvalue weighted by atomic mass is 31.0. The number of hydrogen-bond donors (Lipinski definition) is 0. The molecule has 3 heteroatoms. The summed E-state index contributed by atoms with van der Waals surface area (Å²) in [6, 6.07) is 22.5. The monoisotopic (exact) mass is 373 g/mol. The molecule has 4 aromatic rings. The van der Waals surface area contributed by atoms with Crippen molar-refractivity contribution < 1.29 is 0 Å². The fraction of sp³-hybridized carbons (Fsp3) is 0.208. The van der Waals surface area contributed by atoms with E-state index in [1.54, 1.807) is 0 Å². The molecule has 27 heavy (non-hydrogen) atoms. The number of aryl methyl sites for hydroxylation is 1. The molecule has 2 nitrogen and oxygen atoms in total. The Labute approximate surface area is 163 Å². The highest BCUT2D eigenvalue weighted by Crippen LogP contribution is 2.44. The van der Waals surface area contributed by atoms with E-state index in [1.807, 2.05) is 0 Å². The minimum atomic E-state index is 0.676. The van der Waals surface area contributed by atoms with Crippen molar-refractivity contribution in [3.63, 3.8) is 0 Å². The van der Waals surface area contributed by atoms with E-state index < -0.39 is 0 Å². The Morgan fingerprint density at radius 1 is 0.667 bits per heavy atom. The molecule has 0 atom stereocenters. The van der Waals surface area contributed by atoms with Crippen LogP contribution in [0, 0.1) is 6.92 Å². The van der Waals surface area contributed by atoms with Crippen LogP contribution in [0.15, 0.2) is 60.7 Å². The molecular formula is C24H26N2P+. The van der Waals surface area contributed by atoms with Crippen LogP contribution in [-0.2, 0) is 0 Å². The normalized spacial score (nSPS) is 11.1. The Balaban J connectivity index is 2.14. The fourth-order valence-corrected chi connectivity index (χ4v) is 5.11. The molecule has 0 saturated heterocycles. The third-order valence-electron chi connectivity index (χ3n) is 5.26. The first-order valence-corrected chi connectivity index (χ1v) is 10.3. The first-order valence-electron chi connectivity index (χ1n) is 9.29. The third kappa shape index (κ3) is 3.15. The van der Waals surface area contributed by atoms with Crippen LogP contribution in [0.25, 0.3) is 32.1 Å². The van der Waals surface area contributed by atoms with Gasteiger partial charge in [0.05, 0.1) is 0 Å². The molecule has 0 aliphatic heterocycles. The van der Waals surface area contributed by atoms with Gasteiger partial charge < -0.3 is 9.80 Å². The van der Waals surface area contributed by atoms with Crippen molar-refractivity contribution in [2.75, 3.05) is 38.0 Å². The molecule has 0 spiro atoms. The summed E-state index contributed by atoms with van der Waals surface area (Å²) < 4.78 is 0. The highest BCUT2D eigenvalue weighted by Gasteiger charge is 2.18. The van der Waals surface area contributed by atoms with Crippen LogP contribution >= 0.6 is 8.19 Å². The van der Waals surface area contributed by atoms with E-state index in [-0.39, 0.29) is 0 Å². The van der Waals surface area contributed by atoms with E-state index in [1.165, 1.54) is 49.1 Å². The Morgan fingerprint density at radius 2 is 1.19 bits per heavy atom. The molecule has 1 aromatic heterocycles. The second-order valence-corrected chi connectivity index (χ2v) is 8.89. The van der Waals surface area contributed by atoms with E-state index in [2.05, 4.69) is 106 Å². The summed E-state index contributed by atoms with van der Waals surface area (Å²) in [5.41, 5.74) is 6.55. The van der Waals surface area contributed by atoms with E-state index in [0.717, 1.165) is 0 Å². The average Bonchev–Trinajstić information content (AvgIpc) is 2.65. The molecule has 0 radical (unpaired) electrons.